The minimum Gasteiger partial charge on any atom is -0.494 e. The first kappa shape index (κ1) is 8.93. The highest BCUT2D eigenvalue weighted by molar-refractivity contribution is 7.80. The van der Waals surface area contributed by atoms with Crippen LogP contribution in [0.1, 0.15) is 5.56 Å². The molecule has 2 N–H and O–H groups in total. The van der Waals surface area contributed by atoms with E-state index in [2.05, 4.69) is 12.2 Å². The third-order valence-electron chi connectivity index (χ3n) is 1.45. The third-order valence-corrected chi connectivity index (χ3v) is 1.67. The molecule has 0 aromatic heterocycles. The average molecular weight is 185 g/mol. The van der Waals surface area contributed by atoms with Crippen LogP contribution in [0.3, 0.4) is 0 Å². The fourth-order valence-corrected chi connectivity index (χ4v) is 1.02. The van der Waals surface area contributed by atoms with Gasteiger partial charge in [-0.3, -0.25) is 0 Å². The lowest BCUT2D eigenvalue weighted by Crippen LogP contribution is -2.11. The normalized spacial score (nSPS) is 9.50. The first-order chi connectivity index (χ1) is 5.66. The molecule has 12 heavy (non-hydrogen) atoms. The SMILES string of the molecule is COc1cccc(C(N)=S)c1F. The van der Waals surface area contributed by atoms with Gasteiger partial charge in [-0.15, -0.1) is 0 Å². The molecule has 1 rings (SSSR count). The van der Waals surface area contributed by atoms with Gasteiger partial charge in [-0.05, 0) is 12.1 Å². The third kappa shape index (κ3) is 1.53. The van der Waals surface area contributed by atoms with Gasteiger partial charge in [-0.2, -0.15) is 0 Å². The van der Waals surface area contributed by atoms with Crippen molar-refractivity contribution >= 4 is 17.2 Å². The van der Waals surface area contributed by atoms with E-state index in [0.717, 1.165) is 0 Å². The van der Waals surface area contributed by atoms with Crippen molar-refractivity contribution in [1.82, 2.24) is 0 Å². The molecule has 0 heterocycles. The molecule has 0 atom stereocenters. The first-order valence-corrected chi connectivity index (χ1v) is 3.70. The van der Waals surface area contributed by atoms with Gasteiger partial charge in [-0.25, -0.2) is 4.39 Å². The molecule has 0 fully saturated rings. The summed E-state index contributed by atoms with van der Waals surface area (Å²) in [5.41, 5.74) is 5.49. The molecule has 0 bridgehead atoms. The molecule has 0 amide bonds. The minimum absolute atomic E-state index is 0.0337. The zero-order valence-electron chi connectivity index (χ0n) is 6.50. The number of nitrogens with two attached hydrogens (primary N) is 1. The maximum atomic E-state index is 13.2. The predicted octanol–water partition coefficient (Wildman–Crippen LogP) is 1.47. The van der Waals surface area contributed by atoms with E-state index >= 15 is 0 Å². The number of ether oxygens (including phenoxy) is 1. The monoisotopic (exact) mass is 185 g/mol. The largest absolute Gasteiger partial charge is 0.494 e. The number of methoxy groups -OCH3 is 1. The van der Waals surface area contributed by atoms with E-state index in [1.807, 2.05) is 0 Å². The van der Waals surface area contributed by atoms with Gasteiger partial charge in [0.15, 0.2) is 11.6 Å². The van der Waals surface area contributed by atoms with Crippen molar-refractivity contribution in [1.29, 1.82) is 0 Å². The predicted molar refractivity (Wildman–Crippen MR) is 48.8 cm³/mol. The minimum atomic E-state index is -0.507. The second-order valence-corrected chi connectivity index (χ2v) is 2.63. The molecule has 0 aliphatic carbocycles. The van der Waals surface area contributed by atoms with Crippen LogP contribution in [0.5, 0.6) is 5.75 Å². The van der Waals surface area contributed by atoms with Gasteiger partial charge in [0.05, 0.1) is 7.11 Å². The van der Waals surface area contributed by atoms with E-state index < -0.39 is 5.82 Å². The average Bonchev–Trinajstić information content (AvgIpc) is 2.04. The lowest BCUT2D eigenvalue weighted by atomic mass is 10.2. The quantitative estimate of drug-likeness (QED) is 0.708. The summed E-state index contributed by atoms with van der Waals surface area (Å²) in [4.78, 5) is 0.0337. The molecule has 0 saturated heterocycles. The van der Waals surface area contributed by atoms with E-state index in [4.69, 9.17) is 10.5 Å². The van der Waals surface area contributed by atoms with Gasteiger partial charge in [0, 0.05) is 5.56 Å². The number of hydrogen-bond donors (Lipinski definition) is 1. The van der Waals surface area contributed by atoms with Gasteiger partial charge in [0.1, 0.15) is 4.99 Å². The first-order valence-electron chi connectivity index (χ1n) is 3.29. The molecule has 1 aromatic carbocycles. The summed E-state index contributed by atoms with van der Waals surface area (Å²) in [7, 11) is 1.39. The number of thiocarbonyl (C=S) groups is 1. The van der Waals surface area contributed by atoms with Crippen LogP contribution in [0.2, 0.25) is 0 Å². The maximum absolute atomic E-state index is 13.2. The van der Waals surface area contributed by atoms with E-state index in [1.165, 1.54) is 19.2 Å². The molecule has 0 radical (unpaired) electrons. The van der Waals surface area contributed by atoms with Crippen molar-refractivity contribution in [3.63, 3.8) is 0 Å². The van der Waals surface area contributed by atoms with E-state index in [-0.39, 0.29) is 16.3 Å². The maximum Gasteiger partial charge on any atom is 0.175 e. The number of rotatable bonds is 2. The Balaban J connectivity index is 3.23. The zero-order valence-corrected chi connectivity index (χ0v) is 7.32. The van der Waals surface area contributed by atoms with Gasteiger partial charge < -0.3 is 10.5 Å². The summed E-state index contributed by atoms with van der Waals surface area (Å²) in [5.74, 6) is -0.354. The molecule has 4 heteroatoms. The molecule has 0 aliphatic heterocycles. The number of halogens is 1. The van der Waals surface area contributed by atoms with Crippen LogP contribution in [0.15, 0.2) is 18.2 Å². The molecular weight excluding hydrogens is 177 g/mol. The second-order valence-electron chi connectivity index (χ2n) is 2.19. The second kappa shape index (κ2) is 3.49. The molecule has 0 unspecified atom stereocenters. The number of hydrogen-bond acceptors (Lipinski definition) is 2. The van der Waals surface area contributed by atoms with Crippen LogP contribution in [0.4, 0.5) is 4.39 Å². The Bertz CT molecular complexity index is 314. The smallest absolute Gasteiger partial charge is 0.175 e. The van der Waals surface area contributed by atoms with Crippen LogP contribution >= 0.6 is 12.2 Å². The Kier molecular flexibility index (Phi) is 2.60. The van der Waals surface area contributed by atoms with E-state index in [9.17, 15) is 4.39 Å². The molecule has 0 saturated carbocycles. The van der Waals surface area contributed by atoms with Crippen molar-refractivity contribution in [2.75, 3.05) is 7.11 Å². The van der Waals surface area contributed by atoms with Crippen molar-refractivity contribution in [2.45, 2.75) is 0 Å². The summed E-state index contributed by atoms with van der Waals surface area (Å²) >= 11 is 4.64. The van der Waals surface area contributed by atoms with Crippen LogP contribution in [-0.4, -0.2) is 12.1 Å². The summed E-state index contributed by atoms with van der Waals surface area (Å²) in [6, 6.07) is 4.66. The molecule has 64 valence electrons. The topological polar surface area (TPSA) is 35.2 Å². The molecule has 0 spiro atoms. The molecular formula is C8H8FNOS. The Morgan fingerprint density at radius 1 is 1.58 bits per heavy atom. The van der Waals surface area contributed by atoms with Gasteiger partial charge in [-0.1, -0.05) is 18.3 Å². The lowest BCUT2D eigenvalue weighted by molar-refractivity contribution is 0.386. The van der Waals surface area contributed by atoms with Crippen LogP contribution in [-0.2, 0) is 0 Å². The Morgan fingerprint density at radius 3 is 2.75 bits per heavy atom. The van der Waals surface area contributed by atoms with Crippen molar-refractivity contribution in [3.8, 4) is 5.75 Å². The summed E-state index contributed by atoms with van der Waals surface area (Å²) in [5, 5.41) is 0. The van der Waals surface area contributed by atoms with E-state index in [0.29, 0.717) is 0 Å². The molecule has 0 aliphatic rings. The summed E-state index contributed by atoms with van der Waals surface area (Å²) in [6.07, 6.45) is 0. The van der Waals surface area contributed by atoms with Crippen molar-refractivity contribution in [2.24, 2.45) is 5.73 Å². The highest BCUT2D eigenvalue weighted by Crippen LogP contribution is 2.19. The van der Waals surface area contributed by atoms with Crippen molar-refractivity contribution in [3.05, 3.63) is 29.6 Å². The summed E-state index contributed by atoms with van der Waals surface area (Å²) in [6.45, 7) is 0. The van der Waals surface area contributed by atoms with Crippen LogP contribution < -0.4 is 10.5 Å². The molecule has 2 nitrogen and oxygen atoms in total. The molecule has 1 aromatic rings. The van der Waals surface area contributed by atoms with Gasteiger partial charge in [0.25, 0.3) is 0 Å². The Labute approximate surface area is 75.1 Å². The van der Waals surface area contributed by atoms with Crippen LogP contribution in [0.25, 0.3) is 0 Å². The standard InChI is InChI=1S/C8H8FNOS/c1-11-6-4-2-3-5(7(6)9)8(10)12/h2-4H,1H3,(H2,10,12). The fourth-order valence-electron chi connectivity index (χ4n) is 0.859. The van der Waals surface area contributed by atoms with E-state index in [1.54, 1.807) is 6.07 Å². The zero-order chi connectivity index (χ0) is 9.14. The highest BCUT2D eigenvalue weighted by Gasteiger charge is 2.09. The Morgan fingerprint density at radius 2 is 2.25 bits per heavy atom. The van der Waals surface area contributed by atoms with Gasteiger partial charge >= 0.3 is 0 Å². The summed E-state index contributed by atoms with van der Waals surface area (Å²) < 4.78 is 18.0. The fraction of sp³-hybridized carbons (Fsp3) is 0.125. The van der Waals surface area contributed by atoms with Crippen LogP contribution in [0, 0.1) is 5.82 Å². The van der Waals surface area contributed by atoms with Crippen molar-refractivity contribution < 1.29 is 9.13 Å². The number of benzene rings is 1. The highest BCUT2D eigenvalue weighted by atomic mass is 32.1. The Hall–Kier alpha value is -1.16. The van der Waals surface area contributed by atoms with Gasteiger partial charge in [0.2, 0.25) is 0 Å². The lowest BCUT2D eigenvalue weighted by Gasteiger charge is -2.04.